The number of hydrogen-bond acceptors (Lipinski definition) is 11. The summed E-state index contributed by atoms with van der Waals surface area (Å²) in [6, 6.07) is 21.7. The zero-order valence-corrected chi connectivity index (χ0v) is 44.1. The summed E-state index contributed by atoms with van der Waals surface area (Å²) in [6.07, 6.45) is 5.63. The monoisotopic (exact) mass is 1020 g/mol. The maximum absolute atomic E-state index is 14.5. The molecule has 3 aliphatic rings. The Labute approximate surface area is 432 Å². The van der Waals surface area contributed by atoms with Gasteiger partial charge < -0.3 is 20.3 Å². The van der Waals surface area contributed by atoms with Crippen molar-refractivity contribution in [2.24, 2.45) is 16.8 Å². The molecule has 1 aliphatic carbocycles. The van der Waals surface area contributed by atoms with Gasteiger partial charge in [0.2, 0.25) is 17.7 Å². The van der Waals surface area contributed by atoms with Gasteiger partial charge in [-0.3, -0.25) is 28.6 Å². The van der Waals surface area contributed by atoms with E-state index >= 15 is 0 Å². The van der Waals surface area contributed by atoms with Crippen molar-refractivity contribution in [3.8, 4) is 32.3 Å². The first-order chi connectivity index (χ1) is 34.6. The van der Waals surface area contributed by atoms with Crippen LogP contribution in [0.2, 0.25) is 5.02 Å². The van der Waals surface area contributed by atoms with Gasteiger partial charge in [0.25, 0.3) is 0 Å². The van der Waals surface area contributed by atoms with E-state index in [0.29, 0.717) is 42.4 Å². The summed E-state index contributed by atoms with van der Waals surface area (Å²) >= 11 is 9.58. The third-order valence-corrected chi connectivity index (χ3v) is 16.7. The summed E-state index contributed by atoms with van der Waals surface area (Å²) in [5.74, 6) is 1.79. The van der Waals surface area contributed by atoms with Gasteiger partial charge in [0.15, 0.2) is 5.82 Å². The molecular weight excluding hydrogens is 964 g/mol. The third-order valence-electron chi connectivity index (χ3n) is 14.3. The Morgan fingerprint density at radius 2 is 1.65 bits per heavy atom. The van der Waals surface area contributed by atoms with Crippen molar-refractivity contribution in [2.75, 3.05) is 6.54 Å². The second-order valence-corrected chi connectivity index (χ2v) is 22.5. The zero-order chi connectivity index (χ0) is 50.5. The number of hydrogen-bond donors (Lipinski definition) is 2. The Hall–Kier alpha value is -6.49. The number of rotatable bonds is 14. The standard InChI is InChI=1S/C55H59ClN10O4S2/c1-29(2)50(54(69)64-26-30(3)20-46(64)53(68)59-32(5)36-12-14-38(15-13-36)51-33(6)57-28-71-51)65-27-40(25-58-65)39-10-9-11-43(21-39)70-44-22-42(23-44)60-47(67)24-45-52-63-62-35(8)66(52)55-48(31(4)34(7)72-55)49(61-45)37-16-18-41(56)19-17-37/h9-19,21,25,27-30,32,42,44-46,50H,20,22-24,26H2,1-8H3,(H,59,68)(H,60,67)/t30-,32+,42?,44?,45+,46+,50+/m1/s1. The minimum atomic E-state index is -0.606. The lowest BCUT2D eigenvalue weighted by molar-refractivity contribution is -0.142. The Kier molecular flexibility index (Phi) is 13.8. The first-order valence-corrected chi connectivity index (χ1v) is 26.8. The molecule has 2 aliphatic heterocycles. The van der Waals surface area contributed by atoms with Crippen molar-refractivity contribution in [3.05, 3.63) is 140 Å². The van der Waals surface area contributed by atoms with Crippen molar-refractivity contribution < 1.29 is 19.1 Å². The number of nitrogens with zero attached hydrogens (tertiary/aromatic N) is 8. The molecule has 0 bridgehead atoms. The first-order valence-electron chi connectivity index (χ1n) is 24.7. The third kappa shape index (κ3) is 9.75. The van der Waals surface area contributed by atoms with Crippen LogP contribution in [0.1, 0.15) is 116 Å². The molecule has 17 heteroatoms. The molecule has 0 unspecified atom stereocenters. The molecule has 1 saturated heterocycles. The molecule has 5 atom stereocenters. The predicted molar refractivity (Wildman–Crippen MR) is 283 cm³/mol. The van der Waals surface area contributed by atoms with Crippen LogP contribution in [0.25, 0.3) is 26.6 Å². The number of aliphatic imine (C=N–C) groups is 1. The van der Waals surface area contributed by atoms with Gasteiger partial charge in [-0.25, -0.2) is 4.98 Å². The Balaban J connectivity index is 0.762. The lowest BCUT2D eigenvalue weighted by atomic mass is 9.89. The Bertz CT molecular complexity index is 3180. The Morgan fingerprint density at radius 3 is 2.38 bits per heavy atom. The summed E-state index contributed by atoms with van der Waals surface area (Å²) in [4.78, 5) is 56.0. The number of aryl methyl sites for hydroxylation is 3. The van der Waals surface area contributed by atoms with Crippen molar-refractivity contribution >= 4 is 57.7 Å². The topological polar surface area (TPSA) is 162 Å². The molecule has 2 fully saturated rings. The summed E-state index contributed by atoms with van der Waals surface area (Å²) in [5, 5.41) is 21.8. The lowest BCUT2D eigenvalue weighted by Crippen LogP contribution is -2.49. The molecule has 3 amide bonds. The number of benzene rings is 3. The smallest absolute Gasteiger partial charge is 0.248 e. The van der Waals surface area contributed by atoms with Gasteiger partial charge in [0, 0.05) is 58.2 Å². The Morgan fingerprint density at radius 1 is 0.903 bits per heavy atom. The number of ether oxygens (including phenoxy) is 1. The van der Waals surface area contributed by atoms with Gasteiger partial charge in [-0.05, 0) is 99.4 Å². The van der Waals surface area contributed by atoms with Crippen molar-refractivity contribution in [3.63, 3.8) is 0 Å². The zero-order valence-electron chi connectivity index (χ0n) is 41.7. The van der Waals surface area contributed by atoms with E-state index < -0.39 is 18.1 Å². The van der Waals surface area contributed by atoms with Crippen molar-refractivity contribution in [1.29, 1.82) is 0 Å². The van der Waals surface area contributed by atoms with Gasteiger partial charge in [0.05, 0.1) is 40.5 Å². The molecular formula is C55H59ClN10O4S2. The van der Waals surface area contributed by atoms with Crippen LogP contribution in [0.3, 0.4) is 0 Å². The number of likely N-dealkylation sites (tertiary alicyclic amines) is 1. The van der Waals surface area contributed by atoms with Crippen LogP contribution in [0, 0.1) is 39.5 Å². The highest BCUT2D eigenvalue weighted by molar-refractivity contribution is 7.15. The highest BCUT2D eigenvalue weighted by Gasteiger charge is 2.42. The highest BCUT2D eigenvalue weighted by atomic mass is 35.5. The molecule has 14 nitrogen and oxygen atoms in total. The number of halogens is 1. The second kappa shape index (κ2) is 20.2. The number of fused-ring (bicyclic) bond motifs is 3. The molecule has 7 aromatic rings. The first kappa shape index (κ1) is 49.1. The van der Waals surface area contributed by atoms with Gasteiger partial charge >= 0.3 is 0 Å². The average molecular weight is 1020 g/mol. The summed E-state index contributed by atoms with van der Waals surface area (Å²) in [5.41, 5.74) is 10.6. The molecule has 6 heterocycles. The fourth-order valence-electron chi connectivity index (χ4n) is 10.3. The summed E-state index contributed by atoms with van der Waals surface area (Å²) < 4.78 is 10.2. The van der Waals surface area contributed by atoms with Crippen LogP contribution in [0.15, 0.2) is 95.7 Å². The number of thiophene rings is 1. The number of carbonyl (C=O) groups is 3. The SMILES string of the molecule is Cc1ncsc1-c1ccc([C@H](C)NC(=O)[C@@H]2C[C@@H](C)CN2C(=O)[C@H](C(C)C)n2cc(-c3cccc(OC4CC(NC(=O)C[C@@H]5N=C(c6ccc(Cl)cc6)c6c(sc(C)c6C)-n6c(C)nnc65)C4)c3)cn2)cc1. The number of thiazole rings is 1. The van der Waals surface area contributed by atoms with Crippen LogP contribution in [0.4, 0.5) is 0 Å². The average Bonchev–Trinajstić information content (AvgIpc) is 4.19. The molecule has 4 aromatic heterocycles. The van der Waals surface area contributed by atoms with Gasteiger partial charge in [-0.1, -0.05) is 80.9 Å². The van der Waals surface area contributed by atoms with E-state index in [1.165, 1.54) is 4.88 Å². The molecule has 2 N–H and O–H groups in total. The van der Waals surface area contributed by atoms with Gasteiger partial charge in [-0.2, -0.15) is 5.10 Å². The van der Waals surface area contributed by atoms with E-state index in [2.05, 4.69) is 63.3 Å². The van der Waals surface area contributed by atoms with Crippen molar-refractivity contribution in [1.82, 2.24) is 45.1 Å². The molecule has 1 saturated carbocycles. The van der Waals surface area contributed by atoms with E-state index in [9.17, 15) is 14.4 Å². The number of nitrogens with one attached hydrogen (secondary N) is 2. The van der Waals surface area contributed by atoms with Crippen LogP contribution in [-0.2, 0) is 14.4 Å². The molecule has 72 heavy (non-hydrogen) atoms. The number of aromatic nitrogens is 6. The van der Waals surface area contributed by atoms with Crippen molar-refractivity contribution in [2.45, 2.75) is 117 Å². The minimum absolute atomic E-state index is 0.0460. The lowest BCUT2D eigenvalue weighted by Gasteiger charge is -2.36. The van der Waals surface area contributed by atoms with E-state index in [0.717, 1.165) is 66.1 Å². The second-order valence-electron chi connectivity index (χ2n) is 20.0. The van der Waals surface area contributed by atoms with Crippen LogP contribution >= 0.6 is 34.3 Å². The van der Waals surface area contributed by atoms with E-state index in [1.807, 2.05) is 107 Å². The fraction of sp³-hybridized carbons (Fsp3) is 0.382. The molecule has 10 rings (SSSR count). The molecule has 0 radical (unpaired) electrons. The summed E-state index contributed by atoms with van der Waals surface area (Å²) in [6.45, 7) is 16.7. The van der Waals surface area contributed by atoms with E-state index in [-0.39, 0.29) is 54.2 Å². The van der Waals surface area contributed by atoms with Gasteiger partial charge in [0.1, 0.15) is 40.8 Å². The molecule has 372 valence electrons. The highest BCUT2D eigenvalue weighted by Crippen LogP contribution is 2.40. The fourth-order valence-corrected chi connectivity index (χ4v) is 12.4. The maximum Gasteiger partial charge on any atom is 0.248 e. The summed E-state index contributed by atoms with van der Waals surface area (Å²) in [7, 11) is 0. The van der Waals surface area contributed by atoms with E-state index in [1.54, 1.807) is 38.5 Å². The minimum Gasteiger partial charge on any atom is -0.490 e. The predicted octanol–water partition coefficient (Wildman–Crippen LogP) is 10.5. The quantitative estimate of drug-likeness (QED) is 0.109. The molecule has 0 spiro atoms. The number of amides is 3. The van der Waals surface area contributed by atoms with Crippen LogP contribution < -0.4 is 15.4 Å². The normalized spacial score (nSPS) is 20.2. The maximum atomic E-state index is 14.5. The van der Waals surface area contributed by atoms with Crippen LogP contribution in [0.5, 0.6) is 5.75 Å². The van der Waals surface area contributed by atoms with E-state index in [4.69, 9.17) is 26.4 Å². The number of carbonyl (C=O) groups excluding carboxylic acids is 3. The van der Waals surface area contributed by atoms with Crippen LogP contribution in [-0.4, -0.2) is 82.6 Å². The largest absolute Gasteiger partial charge is 0.490 e. The molecule has 3 aromatic carbocycles. The van der Waals surface area contributed by atoms with Gasteiger partial charge in [-0.15, -0.1) is 32.9 Å².